The van der Waals surface area contributed by atoms with E-state index in [1.54, 1.807) is 31.2 Å². The van der Waals surface area contributed by atoms with Crippen molar-refractivity contribution in [3.63, 3.8) is 0 Å². The number of amides is 1. The van der Waals surface area contributed by atoms with E-state index in [9.17, 15) is 13.6 Å². The number of hydrogen-bond donors (Lipinski definition) is 3. The lowest BCUT2D eigenvalue weighted by Crippen LogP contribution is -2.45. The molecule has 8 heteroatoms. The molecule has 0 unspecified atom stereocenters. The predicted octanol–water partition coefficient (Wildman–Crippen LogP) is 4.03. The zero-order valence-corrected chi connectivity index (χ0v) is 16.1. The Bertz CT molecular complexity index is 947. The van der Waals surface area contributed by atoms with E-state index in [4.69, 9.17) is 12.2 Å². The van der Waals surface area contributed by atoms with Gasteiger partial charge in [0.05, 0.1) is 11.6 Å². The molecule has 146 valence electrons. The summed E-state index contributed by atoms with van der Waals surface area (Å²) in [6.45, 7) is 0.648. The highest BCUT2D eigenvalue weighted by Crippen LogP contribution is 2.34. The molecule has 0 radical (unpaired) electrons. The van der Waals surface area contributed by atoms with Crippen LogP contribution in [-0.4, -0.2) is 17.6 Å². The number of hydrogen-bond acceptors (Lipinski definition) is 3. The van der Waals surface area contributed by atoms with Crippen LogP contribution in [0.2, 0.25) is 0 Å². The number of carbonyl (C=O) groups is 1. The number of ether oxygens (including phenoxy) is 1. The molecular weight excluding hydrogens is 384 g/mol. The highest BCUT2D eigenvalue weighted by atomic mass is 32.1. The van der Waals surface area contributed by atoms with Crippen molar-refractivity contribution >= 4 is 28.9 Å². The Labute approximate surface area is 166 Å². The number of alkyl halides is 2. The summed E-state index contributed by atoms with van der Waals surface area (Å²) < 4.78 is 30.3. The van der Waals surface area contributed by atoms with Gasteiger partial charge in [0.1, 0.15) is 5.75 Å². The van der Waals surface area contributed by atoms with E-state index in [1.807, 2.05) is 25.1 Å². The second kappa shape index (κ2) is 8.35. The van der Waals surface area contributed by atoms with E-state index in [0.29, 0.717) is 27.6 Å². The minimum atomic E-state index is -2.98. The average Bonchev–Trinajstić information content (AvgIpc) is 2.61. The van der Waals surface area contributed by atoms with E-state index in [1.165, 1.54) is 6.07 Å². The lowest BCUT2D eigenvalue weighted by Gasteiger charge is -2.31. The van der Waals surface area contributed by atoms with Crippen LogP contribution in [0.5, 0.6) is 5.75 Å². The number of thiocarbonyl (C=S) groups is 1. The van der Waals surface area contributed by atoms with E-state index in [-0.39, 0.29) is 11.7 Å². The zero-order chi connectivity index (χ0) is 20.3. The van der Waals surface area contributed by atoms with Crippen molar-refractivity contribution in [2.75, 3.05) is 5.32 Å². The van der Waals surface area contributed by atoms with Crippen molar-refractivity contribution in [3.05, 3.63) is 70.9 Å². The predicted molar refractivity (Wildman–Crippen MR) is 107 cm³/mol. The molecule has 28 heavy (non-hydrogen) atoms. The molecule has 0 spiro atoms. The second-order valence-electron chi connectivity index (χ2n) is 6.31. The van der Waals surface area contributed by atoms with Gasteiger partial charge < -0.3 is 20.7 Å². The summed E-state index contributed by atoms with van der Waals surface area (Å²) in [5.41, 5.74) is 2.89. The van der Waals surface area contributed by atoms with Gasteiger partial charge in [0.15, 0.2) is 5.11 Å². The Hall–Kier alpha value is -3.00. The third kappa shape index (κ3) is 4.45. The van der Waals surface area contributed by atoms with Gasteiger partial charge in [-0.15, -0.1) is 0 Å². The van der Waals surface area contributed by atoms with Gasteiger partial charge in [-0.05, 0) is 49.8 Å². The summed E-state index contributed by atoms with van der Waals surface area (Å²) in [4.78, 5) is 13.0. The first-order chi connectivity index (χ1) is 13.3. The fraction of sp³-hybridized carbons (Fsp3) is 0.200. The molecule has 0 saturated heterocycles. The standard InChI is InChI=1S/C20H19F2N3O2S/c1-11-6-5-7-13(10-11)24-18(26)16-12(2)23-20(28)25-17(16)14-8-3-4-9-15(14)27-19(21)22/h3-10,17,19H,1-2H3,(H,24,26)(H2,23,25,28)/t17-/m0/s1. The second-order valence-corrected chi connectivity index (χ2v) is 6.72. The molecule has 3 rings (SSSR count). The van der Waals surface area contributed by atoms with Crippen molar-refractivity contribution in [2.45, 2.75) is 26.5 Å². The molecule has 1 heterocycles. The number of para-hydroxylation sites is 1. The molecule has 0 bridgehead atoms. The summed E-state index contributed by atoms with van der Waals surface area (Å²) in [5, 5.41) is 9.04. The van der Waals surface area contributed by atoms with Crippen LogP contribution < -0.4 is 20.7 Å². The SMILES string of the molecule is CC1=C(C(=O)Nc2cccc(C)c2)[C@H](c2ccccc2OC(F)F)NC(=S)N1. The molecule has 1 aliphatic heterocycles. The van der Waals surface area contributed by atoms with Gasteiger partial charge in [-0.3, -0.25) is 4.79 Å². The van der Waals surface area contributed by atoms with Gasteiger partial charge >= 0.3 is 6.61 Å². The average molecular weight is 403 g/mol. The number of rotatable bonds is 5. The van der Waals surface area contributed by atoms with Gasteiger partial charge in [0, 0.05) is 16.9 Å². The Morgan fingerprint density at radius 1 is 1.18 bits per heavy atom. The van der Waals surface area contributed by atoms with Crippen molar-refractivity contribution in [1.29, 1.82) is 0 Å². The molecule has 2 aromatic rings. The highest BCUT2D eigenvalue weighted by molar-refractivity contribution is 7.80. The molecule has 0 saturated carbocycles. The molecule has 1 aliphatic rings. The third-order valence-corrected chi connectivity index (χ3v) is 4.46. The minimum absolute atomic E-state index is 0.0200. The first-order valence-corrected chi connectivity index (χ1v) is 8.96. The topological polar surface area (TPSA) is 62.4 Å². The fourth-order valence-corrected chi connectivity index (χ4v) is 3.34. The van der Waals surface area contributed by atoms with Crippen molar-refractivity contribution in [2.24, 2.45) is 0 Å². The Balaban J connectivity index is 1.99. The number of aryl methyl sites for hydroxylation is 1. The van der Waals surface area contributed by atoms with Crippen LogP contribution in [0.25, 0.3) is 0 Å². The summed E-state index contributed by atoms with van der Waals surface area (Å²) in [6, 6.07) is 13.0. The van der Waals surface area contributed by atoms with Crippen LogP contribution in [0.4, 0.5) is 14.5 Å². The van der Waals surface area contributed by atoms with Crippen molar-refractivity contribution in [1.82, 2.24) is 10.6 Å². The normalized spacial score (nSPS) is 16.5. The van der Waals surface area contributed by atoms with Gasteiger partial charge in [-0.2, -0.15) is 8.78 Å². The molecular formula is C20H19F2N3O2S. The van der Waals surface area contributed by atoms with Crippen LogP contribution in [-0.2, 0) is 4.79 Å². The summed E-state index contributed by atoms with van der Waals surface area (Å²) in [7, 11) is 0. The third-order valence-electron chi connectivity index (χ3n) is 4.24. The number of anilines is 1. The van der Waals surface area contributed by atoms with Crippen LogP contribution in [0.15, 0.2) is 59.8 Å². The number of benzene rings is 2. The van der Waals surface area contributed by atoms with Gasteiger partial charge in [0.25, 0.3) is 5.91 Å². The summed E-state index contributed by atoms with van der Waals surface area (Å²) >= 11 is 5.20. The van der Waals surface area contributed by atoms with Gasteiger partial charge in [0.2, 0.25) is 0 Å². The van der Waals surface area contributed by atoms with Gasteiger partial charge in [-0.1, -0.05) is 30.3 Å². The molecule has 5 nitrogen and oxygen atoms in total. The van der Waals surface area contributed by atoms with Gasteiger partial charge in [-0.25, -0.2) is 0 Å². The maximum Gasteiger partial charge on any atom is 0.387 e. The maximum absolute atomic E-state index is 13.0. The molecule has 3 N–H and O–H groups in total. The van der Waals surface area contributed by atoms with E-state index in [0.717, 1.165) is 5.56 Å². The Kier molecular flexibility index (Phi) is 5.89. The number of allylic oxidation sites excluding steroid dienone is 1. The van der Waals surface area contributed by atoms with Crippen molar-refractivity contribution < 1.29 is 18.3 Å². The lowest BCUT2D eigenvalue weighted by atomic mass is 9.94. The van der Waals surface area contributed by atoms with Crippen LogP contribution in [0, 0.1) is 6.92 Å². The van der Waals surface area contributed by atoms with Crippen LogP contribution in [0.1, 0.15) is 24.1 Å². The molecule has 1 amide bonds. The van der Waals surface area contributed by atoms with Crippen LogP contribution in [0.3, 0.4) is 0 Å². The largest absolute Gasteiger partial charge is 0.434 e. The maximum atomic E-state index is 13.0. The number of carbonyl (C=O) groups excluding carboxylic acids is 1. The zero-order valence-electron chi connectivity index (χ0n) is 15.3. The molecule has 0 fully saturated rings. The Morgan fingerprint density at radius 3 is 2.64 bits per heavy atom. The first-order valence-electron chi connectivity index (χ1n) is 8.55. The monoisotopic (exact) mass is 403 g/mol. The van der Waals surface area contributed by atoms with Crippen molar-refractivity contribution in [3.8, 4) is 5.75 Å². The number of nitrogens with one attached hydrogen (secondary N) is 3. The summed E-state index contributed by atoms with van der Waals surface area (Å²) in [6.07, 6.45) is 0. The lowest BCUT2D eigenvalue weighted by molar-refractivity contribution is -0.113. The molecule has 0 aromatic heterocycles. The van der Waals surface area contributed by atoms with E-state index < -0.39 is 12.7 Å². The first kappa shape index (κ1) is 19.8. The summed E-state index contributed by atoms with van der Waals surface area (Å²) in [5.74, 6) is -0.393. The number of halogens is 2. The smallest absolute Gasteiger partial charge is 0.387 e. The highest BCUT2D eigenvalue weighted by Gasteiger charge is 2.32. The Morgan fingerprint density at radius 2 is 1.93 bits per heavy atom. The molecule has 2 aromatic carbocycles. The molecule has 0 aliphatic carbocycles. The fourth-order valence-electron chi connectivity index (χ4n) is 3.07. The minimum Gasteiger partial charge on any atom is -0.434 e. The van der Waals surface area contributed by atoms with E-state index in [2.05, 4.69) is 20.7 Å². The quantitative estimate of drug-likeness (QED) is 0.658. The van der Waals surface area contributed by atoms with Crippen LogP contribution >= 0.6 is 12.2 Å². The van der Waals surface area contributed by atoms with E-state index >= 15 is 0 Å². The molecule has 1 atom stereocenters.